The van der Waals surface area contributed by atoms with Gasteiger partial charge in [0.15, 0.2) is 0 Å². The molecule has 0 aromatic carbocycles. The van der Waals surface area contributed by atoms with E-state index < -0.39 is 24.7 Å². The molecular weight excluding hydrogens is 267 g/mol. The van der Waals surface area contributed by atoms with Crippen molar-refractivity contribution in [1.82, 2.24) is 5.32 Å². The highest BCUT2D eigenvalue weighted by molar-refractivity contribution is 5.70. The molecule has 112 valence electrons. The van der Waals surface area contributed by atoms with Crippen molar-refractivity contribution in [3.63, 3.8) is 0 Å². The van der Waals surface area contributed by atoms with Crippen molar-refractivity contribution < 1.29 is 32.5 Å². The Labute approximate surface area is 109 Å². The molecule has 2 unspecified atom stereocenters. The van der Waals surface area contributed by atoms with E-state index in [-0.39, 0.29) is 19.3 Å². The summed E-state index contributed by atoms with van der Waals surface area (Å²) in [5.41, 5.74) is 0. The van der Waals surface area contributed by atoms with Crippen molar-refractivity contribution in [3.05, 3.63) is 0 Å². The molecule has 8 heteroatoms. The van der Waals surface area contributed by atoms with Gasteiger partial charge in [0.05, 0.1) is 12.0 Å². The van der Waals surface area contributed by atoms with Crippen LogP contribution >= 0.6 is 0 Å². The van der Waals surface area contributed by atoms with Gasteiger partial charge in [-0.1, -0.05) is 0 Å². The monoisotopic (exact) mass is 285 g/mol. The van der Waals surface area contributed by atoms with Crippen LogP contribution in [0.25, 0.3) is 0 Å². The second kappa shape index (κ2) is 7.66. The first-order valence-electron chi connectivity index (χ1n) is 6.08. The van der Waals surface area contributed by atoms with Gasteiger partial charge >= 0.3 is 12.1 Å². The minimum absolute atomic E-state index is 0.0258. The Balaban J connectivity index is 2.04. The maximum atomic E-state index is 11.8. The molecule has 0 aromatic heterocycles. The van der Waals surface area contributed by atoms with Crippen molar-refractivity contribution in [2.45, 2.75) is 25.1 Å². The van der Waals surface area contributed by atoms with Crippen LogP contribution < -0.4 is 5.32 Å². The van der Waals surface area contributed by atoms with Crippen LogP contribution in [0.4, 0.5) is 13.2 Å². The van der Waals surface area contributed by atoms with Crippen LogP contribution in [-0.4, -0.2) is 56.3 Å². The molecule has 0 aliphatic carbocycles. The maximum absolute atomic E-state index is 11.8. The number of nitrogens with one attached hydrogen (secondary N) is 1. The lowest BCUT2D eigenvalue weighted by Gasteiger charge is -2.27. The van der Waals surface area contributed by atoms with Gasteiger partial charge in [0, 0.05) is 26.3 Å². The van der Waals surface area contributed by atoms with E-state index >= 15 is 0 Å². The summed E-state index contributed by atoms with van der Waals surface area (Å²) < 4.78 is 45.1. The van der Waals surface area contributed by atoms with E-state index in [9.17, 15) is 18.0 Å². The zero-order chi connectivity index (χ0) is 14.3. The second-order valence-corrected chi connectivity index (χ2v) is 4.44. The predicted octanol–water partition coefficient (Wildman–Crippen LogP) is 1.03. The molecule has 1 rings (SSSR count). The third kappa shape index (κ3) is 7.34. The van der Waals surface area contributed by atoms with E-state index in [0.717, 1.165) is 0 Å². The van der Waals surface area contributed by atoms with Crippen molar-refractivity contribution in [3.8, 4) is 0 Å². The fraction of sp³-hybridized carbons (Fsp3) is 0.909. The summed E-state index contributed by atoms with van der Waals surface area (Å²) in [7, 11) is 0. The Morgan fingerprint density at radius 3 is 2.68 bits per heavy atom. The Hall–Kier alpha value is -0.860. The molecule has 2 N–H and O–H groups in total. The third-order valence-electron chi connectivity index (χ3n) is 2.71. The largest absolute Gasteiger partial charge is 0.481 e. The van der Waals surface area contributed by atoms with Gasteiger partial charge in [0.1, 0.15) is 6.61 Å². The van der Waals surface area contributed by atoms with E-state index in [4.69, 9.17) is 9.84 Å². The fourth-order valence-corrected chi connectivity index (χ4v) is 1.82. The number of alkyl halides is 3. The van der Waals surface area contributed by atoms with Crippen LogP contribution in [0.2, 0.25) is 0 Å². The lowest BCUT2D eigenvalue weighted by Crippen LogP contribution is -2.43. The second-order valence-electron chi connectivity index (χ2n) is 4.44. The summed E-state index contributed by atoms with van der Waals surface area (Å²) >= 11 is 0. The van der Waals surface area contributed by atoms with Gasteiger partial charge in [-0.2, -0.15) is 13.2 Å². The van der Waals surface area contributed by atoms with Crippen molar-refractivity contribution >= 4 is 5.97 Å². The lowest BCUT2D eigenvalue weighted by molar-refractivity contribution is -0.174. The number of carbonyl (C=O) groups is 1. The summed E-state index contributed by atoms with van der Waals surface area (Å²) in [4.78, 5) is 10.8. The van der Waals surface area contributed by atoms with E-state index in [1.165, 1.54) is 0 Å². The van der Waals surface area contributed by atoms with Crippen LogP contribution in [0.5, 0.6) is 0 Å². The van der Waals surface area contributed by atoms with Gasteiger partial charge in [-0.15, -0.1) is 0 Å². The number of rotatable bonds is 7. The average molecular weight is 285 g/mol. The standard InChI is InChI=1S/C11H18F3NO4/c12-11(13,14)7-18-2-1-3-19-9-4-8(10(16)17)5-15-6-9/h8-9,15H,1-7H2,(H,16,17). The van der Waals surface area contributed by atoms with E-state index in [2.05, 4.69) is 10.1 Å². The topological polar surface area (TPSA) is 67.8 Å². The van der Waals surface area contributed by atoms with Crippen LogP contribution in [0, 0.1) is 5.92 Å². The van der Waals surface area contributed by atoms with Gasteiger partial charge in [0.2, 0.25) is 0 Å². The fourth-order valence-electron chi connectivity index (χ4n) is 1.82. The number of carboxylic acids is 1. The smallest absolute Gasteiger partial charge is 0.411 e. The van der Waals surface area contributed by atoms with E-state index in [0.29, 0.717) is 25.9 Å². The lowest BCUT2D eigenvalue weighted by atomic mass is 9.98. The zero-order valence-corrected chi connectivity index (χ0v) is 10.4. The van der Waals surface area contributed by atoms with Crippen LogP contribution in [0.1, 0.15) is 12.8 Å². The molecule has 1 saturated heterocycles. The molecule has 0 saturated carbocycles. The molecule has 1 fully saturated rings. The van der Waals surface area contributed by atoms with Gasteiger partial charge in [-0.3, -0.25) is 4.79 Å². The number of ether oxygens (including phenoxy) is 2. The van der Waals surface area contributed by atoms with E-state index in [1.54, 1.807) is 0 Å². The summed E-state index contributed by atoms with van der Waals surface area (Å²) in [5, 5.41) is 11.8. The summed E-state index contributed by atoms with van der Waals surface area (Å²) in [6.45, 7) is -0.0330. The highest BCUT2D eigenvalue weighted by atomic mass is 19.4. The molecule has 0 bridgehead atoms. The molecule has 5 nitrogen and oxygen atoms in total. The summed E-state index contributed by atoms with van der Waals surface area (Å²) in [6, 6.07) is 0. The molecule has 19 heavy (non-hydrogen) atoms. The van der Waals surface area contributed by atoms with Gasteiger partial charge in [-0.05, 0) is 12.8 Å². The predicted molar refractivity (Wildman–Crippen MR) is 59.8 cm³/mol. The highest BCUT2D eigenvalue weighted by Crippen LogP contribution is 2.15. The Bertz CT molecular complexity index is 286. The van der Waals surface area contributed by atoms with Crippen molar-refractivity contribution in [1.29, 1.82) is 0 Å². The van der Waals surface area contributed by atoms with E-state index in [1.807, 2.05) is 0 Å². The Kier molecular flexibility index (Phi) is 6.53. The van der Waals surface area contributed by atoms with Crippen molar-refractivity contribution in [2.75, 3.05) is 32.9 Å². The molecule has 2 atom stereocenters. The highest BCUT2D eigenvalue weighted by Gasteiger charge is 2.28. The quantitative estimate of drug-likeness (QED) is 0.684. The minimum atomic E-state index is -4.30. The molecule has 1 aliphatic heterocycles. The molecule has 1 heterocycles. The molecule has 0 radical (unpaired) electrons. The number of piperidine rings is 1. The number of hydrogen-bond acceptors (Lipinski definition) is 4. The first-order valence-corrected chi connectivity index (χ1v) is 6.08. The number of halogens is 3. The van der Waals surface area contributed by atoms with Crippen LogP contribution in [0.15, 0.2) is 0 Å². The number of aliphatic carboxylic acids is 1. The first-order chi connectivity index (χ1) is 8.88. The molecular formula is C11H18F3NO4. The van der Waals surface area contributed by atoms with Gasteiger partial charge in [-0.25, -0.2) is 0 Å². The Morgan fingerprint density at radius 2 is 2.05 bits per heavy atom. The van der Waals surface area contributed by atoms with Crippen LogP contribution in [-0.2, 0) is 14.3 Å². The third-order valence-corrected chi connectivity index (χ3v) is 2.71. The van der Waals surface area contributed by atoms with Gasteiger partial charge in [0.25, 0.3) is 0 Å². The minimum Gasteiger partial charge on any atom is -0.481 e. The maximum Gasteiger partial charge on any atom is 0.411 e. The summed E-state index contributed by atoms with van der Waals surface area (Å²) in [5.74, 6) is -1.34. The first kappa shape index (κ1) is 16.2. The number of hydrogen-bond donors (Lipinski definition) is 2. The van der Waals surface area contributed by atoms with Crippen molar-refractivity contribution in [2.24, 2.45) is 5.92 Å². The Morgan fingerprint density at radius 1 is 1.32 bits per heavy atom. The SMILES string of the molecule is O=C(O)C1CNCC(OCCCOCC(F)(F)F)C1. The normalized spacial score (nSPS) is 24.4. The van der Waals surface area contributed by atoms with Gasteiger partial charge < -0.3 is 19.9 Å². The molecule has 0 spiro atoms. The molecule has 1 aliphatic rings. The molecule has 0 amide bonds. The van der Waals surface area contributed by atoms with Crippen LogP contribution in [0.3, 0.4) is 0 Å². The number of carboxylic acid groups (broad SMARTS) is 1. The zero-order valence-electron chi connectivity index (χ0n) is 10.4. The summed E-state index contributed by atoms with van der Waals surface area (Å²) in [6.07, 6.45) is -3.74. The average Bonchev–Trinajstić information content (AvgIpc) is 2.32. The molecule has 0 aromatic rings.